The van der Waals surface area contributed by atoms with Crippen LogP contribution in [0, 0.1) is 5.92 Å². The van der Waals surface area contributed by atoms with E-state index in [0.717, 1.165) is 0 Å². The number of carbonyl (C=O) groups excluding carboxylic acids is 2. The summed E-state index contributed by atoms with van der Waals surface area (Å²) in [5, 5.41) is 0. The molecule has 5 nitrogen and oxygen atoms in total. The van der Waals surface area contributed by atoms with Crippen molar-refractivity contribution in [2.24, 2.45) is 11.7 Å². The van der Waals surface area contributed by atoms with Crippen LogP contribution < -0.4 is 5.73 Å². The monoisotopic (exact) mass is 227 g/mol. The molecule has 0 saturated carbocycles. The van der Waals surface area contributed by atoms with Gasteiger partial charge < -0.3 is 15.5 Å². The average Bonchev–Trinajstić information content (AvgIpc) is 2.22. The van der Waals surface area contributed by atoms with Gasteiger partial charge in [0.15, 0.2) is 0 Å². The van der Waals surface area contributed by atoms with Gasteiger partial charge in [-0.15, -0.1) is 0 Å². The highest BCUT2D eigenvalue weighted by Gasteiger charge is 2.29. The molecule has 1 saturated heterocycles. The minimum atomic E-state index is -0.0649. The molecule has 0 aromatic heterocycles. The van der Waals surface area contributed by atoms with Gasteiger partial charge in [-0.2, -0.15) is 0 Å². The fraction of sp³-hybridized carbons (Fsp3) is 0.818. The van der Waals surface area contributed by atoms with Gasteiger partial charge in [0.25, 0.3) is 0 Å². The molecule has 0 aromatic carbocycles. The zero-order valence-electron chi connectivity index (χ0n) is 10.3. The molecule has 1 atom stereocenters. The Balaban J connectivity index is 2.57. The van der Waals surface area contributed by atoms with Crippen LogP contribution in [-0.4, -0.2) is 53.8 Å². The smallest absolute Gasteiger partial charge is 0.242 e. The molecule has 2 amide bonds. The zero-order chi connectivity index (χ0) is 12.3. The molecule has 0 bridgehead atoms. The van der Waals surface area contributed by atoms with E-state index in [1.54, 1.807) is 9.80 Å². The van der Waals surface area contributed by atoms with E-state index in [2.05, 4.69) is 0 Å². The van der Waals surface area contributed by atoms with Crippen molar-refractivity contribution in [3.63, 3.8) is 0 Å². The molecule has 2 N–H and O–H groups in total. The Morgan fingerprint density at radius 3 is 2.19 bits per heavy atom. The van der Waals surface area contributed by atoms with Crippen molar-refractivity contribution in [1.29, 1.82) is 0 Å². The molecule has 0 aliphatic carbocycles. The van der Waals surface area contributed by atoms with Crippen LogP contribution in [0.4, 0.5) is 0 Å². The summed E-state index contributed by atoms with van der Waals surface area (Å²) in [6.07, 6.45) is 0. The van der Waals surface area contributed by atoms with Crippen molar-refractivity contribution in [2.45, 2.75) is 26.8 Å². The molecule has 1 aliphatic rings. The van der Waals surface area contributed by atoms with Crippen molar-refractivity contribution in [2.75, 3.05) is 26.2 Å². The summed E-state index contributed by atoms with van der Waals surface area (Å²) in [6, 6.07) is -0.0649. The Hall–Kier alpha value is -1.10. The molecule has 0 aromatic rings. The first kappa shape index (κ1) is 13.0. The quantitative estimate of drug-likeness (QED) is 0.714. The number of likely N-dealkylation sites (N-methyl/N-ethyl adjacent to an activating group) is 1. The highest BCUT2D eigenvalue weighted by atomic mass is 16.2. The third-order valence-corrected chi connectivity index (χ3v) is 3.03. The van der Waals surface area contributed by atoms with E-state index < -0.39 is 0 Å². The number of nitrogens with two attached hydrogens (primary N) is 1. The lowest BCUT2D eigenvalue weighted by molar-refractivity contribution is -0.150. The molecule has 1 aliphatic heterocycles. The highest BCUT2D eigenvalue weighted by molar-refractivity contribution is 5.92. The van der Waals surface area contributed by atoms with Crippen molar-refractivity contribution in [1.82, 2.24) is 9.80 Å². The Morgan fingerprint density at radius 2 is 1.69 bits per heavy atom. The number of hydrogen-bond donors (Lipinski definition) is 1. The number of amides is 2. The molecular weight excluding hydrogens is 206 g/mol. The second-order valence-corrected chi connectivity index (χ2v) is 4.59. The second kappa shape index (κ2) is 5.30. The molecule has 16 heavy (non-hydrogen) atoms. The summed E-state index contributed by atoms with van der Waals surface area (Å²) in [6.45, 7) is 7.33. The van der Waals surface area contributed by atoms with Crippen molar-refractivity contribution < 1.29 is 9.59 Å². The SMILES string of the molecule is CCN1CC(=O)N(CC(N)C(C)C)CC1=O. The third kappa shape index (κ3) is 2.95. The van der Waals surface area contributed by atoms with Gasteiger partial charge in [0.2, 0.25) is 11.8 Å². The summed E-state index contributed by atoms with van der Waals surface area (Å²) < 4.78 is 0. The van der Waals surface area contributed by atoms with Crippen LogP contribution >= 0.6 is 0 Å². The highest BCUT2D eigenvalue weighted by Crippen LogP contribution is 2.07. The number of nitrogens with zero attached hydrogens (tertiary/aromatic N) is 2. The molecular formula is C11H21N3O2. The van der Waals surface area contributed by atoms with Gasteiger partial charge in [-0.25, -0.2) is 0 Å². The number of carbonyl (C=O) groups is 2. The normalized spacial score (nSPS) is 19.6. The fourth-order valence-corrected chi connectivity index (χ4v) is 1.62. The van der Waals surface area contributed by atoms with Crippen LogP contribution in [-0.2, 0) is 9.59 Å². The molecule has 0 radical (unpaired) electrons. The largest absolute Gasteiger partial charge is 0.332 e. The first-order valence-corrected chi connectivity index (χ1v) is 5.76. The Morgan fingerprint density at radius 1 is 1.19 bits per heavy atom. The molecule has 92 valence electrons. The van der Waals surface area contributed by atoms with Gasteiger partial charge in [-0.3, -0.25) is 9.59 Å². The van der Waals surface area contributed by atoms with Crippen molar-refractivity contribution in [3.8, 4) is 0 Å². The predicted octanol–water partition coefficient (Wildman–Crippen LogP) is -0.340. The van der Waals surface area contributed by atoms with E-state index in [4.69, 9.17) is 5.73 Å². The average molecular weight is 227 g/mol. The molecule has 1 unspecified atom stereocenters. The molecule has 0 spiro atoms. The topological polar surface area (TPSA) is 66.6 Å². The van der Waals surface area contributed by atoms with Crippen molar-refractivity contribution in [3.05, 3.63) is 0 Å². The molecule has 1 fully saturated rings. The van der Waals surface area contributed by atoms with E-state index >= 15 is 0 Å². The lowest BCUT2D eigenvalue weighted by atomic mass is 10.0. The number of rotatable bonds is 4. The predicted molar refractivity (Wildman–Crippen MR) is 61.6 cm³/mol. The lowest BCUT2D eigenvalue weighted by Crippen LogP contribution is -2.56. The van der Waals surface area contributed by atoms with Gasteiger partial charge >= 0.3 is 0 Å². The summed E-state index contributed by atoms with van der Waals surface area (Å²) in [5.41, 5.74) is 5.90. The van der Waals surface area contributed by atoms with Gasteiger partial charge in [0, 0.05) is 19.1 Å². The van der Waals surface area contributed by atoms with Crippen LogP contribution in [0.2, 0.25) is 0 Å². The van der Waals surface area contributed by atoms with Crippen LogP contribution in [0.1, 0.15) is 20.8 Å². The van der Waals surface area contributed by atoms with E-state index in [-0.39, 0.29) is 30.9 Å². The maximum Gasteiger partial charge on any atom is 0.242 e. The van der Waals surface area contributed by atoms with Crippen molar-refractivity contribution >= 4 is 11.8 Å². The first-order chi connectivity index (χ1) is 7.45. The van der Waals surface area contributed by atoms with E-state index in [0.29, 0.717) is 19.0 Å². The van der Waals surface area contributed by atoms with E-state index in [1.165, 1.54) is 0 Å². The van der Waals surface area contributed by atoms with Gasteiger partial charge in [-0.1, -0.05) is 13.8 Å². The third-order valence-electron chi connectivity index (χ3n) is 3.03. The van der Waals surface area contributed by atoms with E-state index in [1.807, 2.05) is 20.8 Å². The fourth-order valence-electron chi connectivity index (χ4n) is 1.62. The molecule has 1 heterocycles. The van der Waals surface area contributed by atoms with Crippen LogP contribution in [0.15, 0.2) is 0 Å². The Kier molecular flexibility index (Phi) is 4.29. The zero-order valence-corrected chi connectivity index (χ0v) is 10.3. The summed E-state index contributed by atoms with van der Waals surface area (Å²) in [7, 11) is 0. The van der Waals surface area contributed by atoms with Crippen LogP contribution in [0.25, 0.3) is 0 Å². The standard InChI is InChI=1S/C11H21N3O2/c1-4-13-6-11(16)14(7-10(13)15)5-9(12)8(2)3/h8-9H,4-7,12H2,1-3H3. The minimum Gasteiger partial charge on any atom is -0.332 e. The lowest BCUT2D eigenvalue weighted by Gasteiger charge is -2.35. The molecule has 1 rings (SSSR count). The Bertz CT molecular complexity index is 278. The van der Waals surface area contributed by atoms with Crippen LogP contribution in [0.5, 0.6) is 0 Å². The number of hydrogen-bond acceptors (Lipinski definition) is 3. The van der Waals surface area contributed by atoms with Gasteiger partial charge in [-0.05, 0) is 12.8 Å². The summed E-state index contributed by atoms with van der Waals surface area (Å²) in [4.78, 5) is 26.5. The Labute approximate surface area is 96.6 Å². The minimum absolute atomic E-state index is 0.00227. The van der Waals surface area contributed by atoms with Crippen LogP contribution in [0.3, 0.4) is 0 Å². The number of piperazine rings is 1. The first-order valence-electron chi connectivity index (χ1n) is 5.76. The maximum atomic E-state index is 11.7. The van der Waals surface area contributed by atoms with E-state index in [9.17, 15) is 9.59 Å². The maximum absolute atomic E-state index is 11.7. The summed E-state index contributed by atoms with van der Waals surface area (Å²) >= 11 is 0. The second-order valence-electron chi connectivity index (χ2n) is 4.59. The van der Waals surface area contributed by atoms with Gasteiger partial charge in [0.05, 0.1) is 13.1 Å². The summed E-state index contributed by atoms with van der Waals surface area (Å²) in [5.74, 6) is 0.322. The molecule has 5 heteroatoms. The van der Waals surface area contributed by atoms with Gasteiger partial charge in [0.1, 0.15) is 0 Å².